The Kier molecular flexibility index (Phi) is 6.29. The van der Waals surface area contributed by atoms with Crippen molar-refractivity contribution in [2.75, 3.05) is 6.79 Å². The van der Waals surface area contributed by atoms with Crippen molar-refractivity contribution in [2.24, 2.45) is 7.05 Å². The molecule has 0 radical (unpaired) electrons. The van der Waals surface area contributed by atoms with E-state index in [4.69, 9.17) is 9.47 Å². The third-order valence-corrected chi connectivity index (χ3v) is 6.08. The molecule has 1 amide bonds. The van der Waals surface area contributed by atoms with Crippen LogP contribution in [-0.4, -0.2) is 27.2 Å². The van der Waals surface area contributed by atoms with Crippen LogP contribution < -0.4 is 9.47 Å². The Morgan fingerprint density at radius 2 is 1.74 bits per heavy atom. The number of aromatic nitrogens is 2. The van der Waals surface area contributed by atoms with E-state index < -0.39 is 0 Å². The number of imidazole rings is 1. The molecule has 0 aliphatic carbocycles. The van der Waals surface area contributed by atoms with E-state index in [-0.39, 0.29) is 12.7 Å². The fourth-order valence-electron chi connectivity index (χ4n) is 4.16. The predicted molar refractivity (Wildman–Crippen MR) is 130 cm³/mol. The van der Waals surface area contributed by atoms with Gasteiger partial charge in [-0.2, -0.15) is 0 Å². The molecule has 0 saturated carbocycles. The molecule has 3 aromatic carbocycles. The van der Waals surface area contributed by atoms with Gasteiger partial charge in [-0.05, 0) is 46.9 Å². The molecule has 1 aromatic heterocycles. The molecule has 0 fully saturated rings. The number of ether oxygens (including phenoxy) is 2. The summed E-state index contributed by atoms with van der Waals surface area (Å²) in [7, 11) is 1.95. The van der Waals surface area contributed by atoms with Crippen LogP contribution in [0.25, 0.3) is 11.1 Å². The van der Waals surface area contributed by atoms with Crippen molar-refractivity contribution in [1.29, 1.82) is 0 Å². The van der Waals surface area contributed by atoms with E-state index in [2.05, 4.69) is 35.3 Å². The number of hydrogen-bond acceptors (Lipinski definition) is 4. The summed E-state index contributed by atoms with van der Waals surface area (Å²) in [6.07, 6.45) is 4.71. The highest BCUT2D eigenvalue weighted by atomic mass is 16.7. The first kappa shape index (κ1) is 21.8. The Morgan fingerprint density at radius 3 is 2.56 bits per heavy atom. The van der Waals surface area contributed by atoms with Gasteiger partial charge in [0.15, 0.2) is 11.5 Å². The number of rotatable bonds is 8. The second kappa shape index (κ2) is 9.83. The molecule has 4 aromatic rings. The topological polar surface area (TPSA) is 56.6 Å². The summed E-state index contributed by atoms with van der Waals surface area (Å²) in [5, 5.41) is 0. The first-order valence-electron chi connectivity index (χ1n) is 11.4. The maximum atomic E-state index is 13.4. The molecule has 2 heterocycles. The minimum absolute atomic E-state index is 0.0887. The summed E-state index contributed by atoms with van der Waals surface area (Å²) < 4.78 is 12.8. The predicted octanol–water partition coefficient (Wildman–Crippen LogP) is 4.98. The Labute approximate surface area is 199 Å². The van der Waals surface area contributed by atoms with E-state index >= 15 is 0 Å². The summed E-state index contributed by atoms with van der Waals surface area (Å²) in [6, 6.07) is 24.5. The molecular formula is C28H27N3O3. The van der Waals surface area contributed by atoms with Crippen LogP contribution in [0.5, 0.6) is 11.5 Å². The molecule has 1 aliphatic rings. The van der Waals surface area contributed by atoms with Gasteiger partial charge < -0.3 is 18.9 Å². The molecule has 6 nitrogen and oxygen atoms in total. The highest BCUT2D eigenvalue weighted by molar-refractivity contribution is 5.76. The molecule has 0 unspecified atom stereocenters. The van der Waals surface area contributed by atoms with Gasteiger partial charge in [0.25, 0.3) is 0 Å². The Hall–Kier alpha value is -4.06. The molecule has 0 bridgehead atoms. The second-order valence-corrected chi connectivity index (χ2v) is 8.46. The van der Waals surface area contributed by atoms with Crippen LogP contribution >= 0.6 is 0 Å². The van der Waals surface area contributed by atoms with Gasteiger partial charge >= 0.3 is 0 Å². The van der Waals surface area contributed by atoms with Crippen LogP contribution in [0.4, 0.5) is 0 Å². The number of aryl methyl sites for hydroxylation is 2. The van der Waals surface area contributed by atoms with Gasteiger partial charge in [-0.25, -0.2) is 4.98 Å². The first-order valence-corrected chi connectivity index (χ1v) is 11.4. The van der Waals surface area contributed by atoms with Crippen molar-refractivity contribution >= 4 is 5.91 Å². The fraction of sp³-hybridized carbons (Fsp3) is 0.214. The van der Waals surface area contributed by atoms with Crippen LogP contribution in [0.15, 0.2) is 85.2 Å². The number of carbonyl (C=O) groups excluding carboxylic acids is 1. The van der Waals surface area contributed by atoms with E-state index in [1.165, 1.54) is 0 Å². The molecule has 6 heteroatoms. The minimum atomic E-state index is 0.0887. The number of carbonyl (C=O) groups is 1. The summed E-state index contributed by atoms with van der Waals surface area (Å²) in [5.74, 6) is 2.44. The Morgan fingerprint density at radius 1 is 0.912 bits per heavy atom. The van der Waals surface area contributed by atoms with Crippen LogP contribution in [0.3, 0.4) is 0 Å². The number of nitrogens with zero attached hydrogens (tertiary/aromatic N) is 3. The number of fused-ring (bicyclic) bond motifs is 1. The standard InChI is InChI=1S/C28H27N3O3/c1-30-15-14-29-27(30)19-31(18-22-6-5-9-24(16-22)23-7-3-2-4-8-23)28(32)13-11-21-10-12-25-26(17-21)34-20-33-25/h2-10,12,14-17H,11,13,18-20H2,1H3. The third kappa shape index (κ3) is 4.96. The molecule has 0 N–H and O–H groups in total. The van der Waals surface area contributed by atoms with Crippen molar-refractivity contribution in [3.05, 3.63) is 102 Å². The largest absolute Gasteiger partial charge is 0.454 e. The molecule has 0 atom stereocenters. The summed E-state index contributed by atoms with van der Waals surface area (Å²) >= 11 is 0. The normalized spacial score (nSPS) is 12.0. The lowest BCUT2D eigenvalue weighted by molar-refractivity contribution is -0.132. The van der Waals surface area contributed by atoms with E-state index in [0.29, 0.717) is 25.9 Å². The number of amides is 1. The summed E-state index contributed by atoms with van der Waals surface area (Å²) in [4.78, 5) is 19.7. The molecule has 5 rings (SSSR count). The molecule has 34 heavy (non-hydrogen) atoms. The Balaban J connectivity index is 1.33. The van der Waals surface area contributed by atoms with Crippen LogP contribution in [0.1, 0.15) is 23.4 Å². The fourth-order valence-corrected chi connectivity index (χ4v) is 4.16. The van der Waals surface area contributed by atoms with Gasteiger partial charge in [-0.15, -0.1) is 0 Å². The monoisotopic (exact) mass is 453 g/mol. The lowest BCUT2D eigenvalue weighted by Crippen LogP contribution is -2.31. The maximum absolute atomic E-state index is 13.4. The first-order chi connectivity index (χ1) is 16.7. The quantitative estimate of drug-likeness (QED) is 0.378. The van der Waals surface area contributed by atoms with Crippen LogP contribution in [0, 0.1) is 0 Å². The molecule has 0 saturated heterocycles. The smallest absolute Gasteiger partial charge is 0.231 e. The van der Waals surface area contributed by atoms with Gasteiger partial charge in [0.2, 0.25) is 12.7 Å². The summed E-state index contributed by atoms with van der Waals surface area (Å²) in [5.41, 5.74) is 4.45. The van der Waals surface area contributed by atoms with Gasteiger partial charge in [0.05, 0.1) is 6.54 Å². The molecule has 1 aliphatic heterocycles. The zero-order valence-electron chi connectivity index (χ0n) is 19.2. The zero-order chi connectivity index (χ0) is 23.3. The van der Waals surface area contributed by atoms with Gasteiger partial charge in [-0.3, -0.25) is 4.79 Å². The number of benzene rings is 3. The van der Waals surface area contributed by atoms with E-state index in [1.807, 2.05) is 65.2 Å². The lowest BCUT2D eigenvalue weighted by Gasteiger charge is -2.23. The zero-order valence-corrected chi connectivity index (χ0v) is 19.2. The van der Waals surface area contributed by atoms with Crippen molar-refractivity contribution in [3.63, 3.8) is 0 Å². The average molecular weight is 454 g/mol. The van der Waals surface area contributed by atoms with Gasteiger partial charge in [0.1, 0.15) is 5.82 Å². The third-order valence-electron chi connectivity index (χ3n) is 6.08. The second-order valence-electron chi connectivity index (χ2n) is 8.46. The van der Waals surface area contributed by atoms with Crippen molar-refractivity contribution in [3.8, 4) is 22.6 Å². The van der Waals surface area contributed by atoms with Crippen molar-refractivity contribution in [2.45, 2.75) is 25.9 Å². The maximum Gasteiger partial charge on any atom is 0.231 e. The van der Waals surface area contributed by atoms with Gasteiger partial charge in [-0.1, -0.05) is 54.6 Å². The summed E-state index contributed by atoms with van der Waals surface area (Å²) in [6.45, 7) is 1.23. The lowest BCUT2D eigenvalue weighted by atomic mass is 10.0. The Bertz CT molecular complexity index is 1280. The number of hydrogen-bond donors (Lipinski definition) is 0. The highest BCUT2D eigenvalue weighted by Crippen LogP contribution is 2.33. The van der Waals surface area contributed by atoms with Crippen LogP contribution in [0.2, 0.25) is 0 Å². The molecule has 0 spiro atoms. The van der Waals surface area contributed by atoms with E-state index in [1.54, 1.807) is 6.20 Å². The van der Waals surface area contributed by atoms with Crippen LogP contribution in [-0.2, 0) is 31.4 Å². The van der Waals surface area contributed by atoms with Crippen molar-refractivity contribution in [1.82, 2.24) is 14.5 Å². The highest BCUT2D eigenvalue weighted by Gasteiger charge is 2.18. The SMILES string of the molecule is Cn1ccnc1CN(Cc1cccc(-c2ccccc2)c1)C(=O)CCc1ccc2c(c1)OCO2. The average Bonchev–Trinajstić information content (AvgIpc) is 3.51. The molecule has 172 valence electrons. The van der Waals surface area contributed by atoms with Crippen molar-refractivity contribution < 1.29 is 14.3 Å². The van der Waals surface area contributed by atoms with Gasteiger partial charge in [0, 0.05) is 32.4 Å². The van der Waals surface area contributed by atoms with E-state index in [9.17, 15) is 4.79 Å². The van der Waals surface area contributed by atoms with E-state index in [0.717, 1.165) is 39.6 Å². The molecular weight excluding hydrogens is 426 g/mol. The minimum Gasteiger partial charge on any atom is -0.454 e.